The molecule has 0 saturated carbocycles. The van der Waals surface area contributed by atoms with Crippen LogP contribution in [0.25, 0.3) is 0 Å². The van der Waals surface area contributed by atoms with Crippen LogP contribution in [0.1, 0.15) is 56.6 Å². The number of hydrogen-bond donors (Lipinski definition) is 0. The van der Waals surface area contributed by atoms with E-state index in [4.69, 9.17) is 11.6 Å². The molecule has 0 aromatic heterocycles. The molecule has 0 radical (unpaired) electrons. The van der Waals surface area contributed by atoms with Gasteiger partial charge >= 0.3 is 0 Å². The van der Waals surface area contributed by atoms with E-state index in [1.54, 1.807) is 11.1 Å². The van der Waals surface area contributed by atoms with Crippen molar-refractivity contribution in [2.75, 3.05) is 0 Å². The van der Waals surface area contributed by atoms with Crippen LogP contribution in [0, 0.1) is 5.92 Å². The lowest BCUT2D eigenvalue weighted by Gasteiger charge is -2.28. The Hall–Kier alpha value is -0.490. The Kier molecular flexibility index (Phi) is 4.50. The lowest BCUT2D eigenvalue weighted by Crippen LogP contribution is -2.14. The molecule has 94 valence electrons. The molecule has 0 saturated heterocycles. The Morgan fingerprint density at radius 3 is 2.82 bits per heavy atom. The third-order valence-corrected chi connectivity index (χ3v) is 4.09. The fourth-order valence-corrected chi connectivity index (χ4v) is 3.54. The van der Waals surface area contributed by atoms with Crippen LogP contribution < -0.4 is 0 Å². The smallest absolute Gasteiger partial charge is 0.0310 e. The first kappa shape index (κ1) is 13.0. The fourth-order valence-electron chi connectivity index (χ4n) is 3.24. The van der Waals surface area contributed by atoms with Gasteiger partial charge in [-0.1, -0.05) is 31.2 Å². The molecule has 0 heterocycles. The molecule has 3 atom stereocenters. The number of halogens is 1. The van der Waals surface area contributed by atoms with Gasteiger partial charge in [-0.25, -0.2) is 0 Å². The van der Waals surface area contributed by atoms with Gasteiger partial charge in [0.25, 0.3) is 0 Å². The van der Waals surface area contributed by atoms with Gasteiger partial charge in [-0.05, 0) is 62.0 Å². The van der Waals surface area contributed by atoms with E-state index in [9.17, 15) is 0 Å². The third-order valence-electron chi connectivity index (χ3n) is 3.91. The SMILES string of the molecule is CC(Cl)CC(C)CC1CCCc2ccccc21. The molecule has 2 rings (SSSR count). The molecule has 1 aliphatic carbocycles. The summed E-state index contributed by atoms with van der Waals surface area (Å²) in [6, 6.07) is 8.99. The largest absolute Gasteiger partial charge is 0.123 e. The number of rotatable bonds is 4. The predicted octanol–water partition coefficient (Wildman–Crippen LogP) is 5.15. The average molecular weight is 251 g/mol. The molecule has 0 spiro atoms. The fraction of sp³-hybridized carbons (Fsp3) is 0.625. The van der Waals surface area contributed by atoms with Gasteiger partial charge in [0.2, 0.25) is 0 Å². The molecule has 1 heteroatoms. The van der Waals surface area contributed by atoms with E-state index < -0.39 is 0 Å². The lowest BCUT2D eigenvalue weighted by atomic mass is 9.78. The Morgan fingerprint density at radius 1 is 1.29 bits per heavy atom. The van der Waals surface area contributed by atoms with E-state index in [-0.39, 0.29) is 0 Å². The summed E-state index contributed by atoms with van der Waals surface area (Å²) in [5.74, 6) is 1.50. The van der Waals surface area contributed by atoms with Crippen LogP contribution in [-0.2, 0) is 6.42 Å². The second kappa shape index (κ2) is 5.91. The highest BCUT2D eigenvalue weighted by atomic mass is 35.5. The van der Waals surface area contributed by atoms with Gasteiger partial charge in [-0.2, -0.15) is 0 Å². The summed E-state index contributed by atoms with van der Waals surface area (Å²) in [5, 5.41) is 0.309. The molecule has 0 bridgehead atoms. The third kappa shape index (κ3) is 3.48. The first-order chi connectivity index (χ1) is 8.16. The highest BCUT2D eigenvalue weighted by Gasteiger charge is 2.21. The standard InChI is InChI=1S/C16H23Cl/c1-12(10-13(2)17)11-15-8-5-7-14-6-3-4-9-16(14)15/h3-4,6,9,12-13,15H,5,7-8,10-11H2,1-2H3. The van der Waals surface area contributed by atoms with E-state index in [1.807, 2.05) is 0 Å². The zero-order valence-electron chi connectivity index (χ0n) is 11.0. The van der Waals surface area contributed by atoms with Crippen LogP contribution in [0.3, 0.4) is 0 Å². The summed E-state index contributed by atoms with van der Waals surface area (Å²) in [6.45, 7) is 4.45. The van der Waals surface area contributed by atoms with E-state index in [0.717, 1.165) is 18.3 Å². The first-order valence-electron chi connectivity index (χ1n) is 6.88. The molecular weight excluding hydrogens is 228 g/mol. The van der Waals surface area contributed by atoms with Crippen LogP contribution in [-0.4, -0.2) is 5.38 Å². The van der Waals surface area contributed by atoms with Gasteiger partial charge in [0.05, 0.1) is 0 Å². The molecule has 0 amide bonds. The van der Waals surface area contributed by atoms with Crippen molar-refractivity contribution in [1.82, 2.24) is 0 Å². The lowest BCUT2D eigenvalue weighted by molar-refractivity contribution is 0.405. The Bertz CT molecular complexity index is 356. The van der Waals surface area contributed by atoms with Crippen molar-refractivity contribution in [1.29, 1.82) is 0 Å². The van der Waals surface area contributed by atoms with Crippen molar-refractivity contribution >= 4 is 11.6 Å². The maximum atomic E-state index is 6.09. The summed E-state index contributed by atoms with van der Waals surface area (Å²) in [5.41, 5.74) is 3.18. The van der Waals surface area contributed by atoms with Crippen molar-refractivity contribution in [3.05, 3.63) is 35.4 Å². The number of alkyl halides is 1. The quantitative estimate of drug-likeness (QED) is 0.649. The molecule has 17 heavy (non-hydrogen) atoms. The van der Waals surface area contributed by atoms with E-state index in [2.05, 4.69) is 38.1 Å². The second-order valence-electron chi connectivity index (χ2n) is 5.65. The van der Waals surface area contributed by atoms with Gasteiger partial charge in [0.1, 0.15) is 0 Å². The van der Waals surface area contributed by atoms with Crippen molar-refractivity contribution in [3.8, 4) is 0 Å². The van der Waals surface area contributed by atoms with Gasteiger partial charge in [-0.15, -0.1) is 11.6 Å². The first-order valence-corrected chi connectivity index (χ1v) is 7.32. The Labute approximate surface area is 110 Å². The van der Waals surface area contributed by atoms with Gasteiger partial charge < -0.3 is 0 Å². The molecule has 3 unspecified atom stereocenters. The number of benzene rings is 1. The molecule has 1 aromatic carbocycles. The summed E-state index contributed by atoms with van der Waals surface area (Å²) in [7, 11) is 0. The van der Waals surface area contributed by atoms with Crippen molar-refractivity contribution in [3.63, 3.8) is 0 Å². The topological polar surface area (TPSA) is 0 Å². The maximum Gasteiger partial charge on any atom is 0.0310 e. The second-order valence-corrected chi connectivity index (χ2v) is 6.39. The monoisotopic (exact) mass is 250 g/mol. The highest BCUT2D eigenvalue weighted by molar-refractivity contribution is 6.20. The predicted molar refractivity (Wildman–Crippen MR) is 75.8 cm³/mol. The van der Waals surface area contributed by atoms with Crippen molar-refractivity contribution in [2.24, 2.45) is 5.92 Å². The van der Waals surface area contributed by atoms with E-state index in [1.165, 1.54) is 25.7 Å². The maximum absolute atomic E-state index is 6.09. The molecule has 0 aliphatic heterocycles. The Balaban J connectivity index is 2.03. The summed E-state index contributed by atoms with van der Waals surface area (Å²) in [6.07, 6.45) is 6.42. The van der Waals surface area contributed by atoms with Gasteiger partial charge in [0.15, 0.2) is 0 Å². The van der Waals surface area contributed by atoms with Crippen LogP contribution in [0.15, 0.2) is 24.3 Å². The van der Waals surface area contributed by atoms with E-state index in [0.29, 0.717) is 5.38 Å². The van der Waals surface area contributed by atoms with Crippen molar-refractivity contribution < 1.29 is 0 Å². The van der Waals surface area contributed by atoms with Crippen LogP contribution in [0.5, 0.6) is 0 Å². The summed E-state index contributed by atoms with van der Waals surface area (Å²) < 4.78 is 0. The molecular formula is C16H23Cl. The number of hydrogen-bond acceptors (Lipinski definition) is 0. The van der Waals surface area contributed by atoms with Crippen LogP contribution in [0.4, 0.5) is 0 Å². The minimum atomic E-state index is 0.309. The van der Waals surface area contributed by atoms with Crippen LogP contribution >= 0.6 is 11.6 Å². The van der Waals surface area contributed by atoms with Crippen LogP contribution in [0.2, 0.25) is 0 Å². The minimum absolute atomic E-state index is 0.309. The average Bonchev–Trinajstić information content (AvgIpc) is 2.28. The molecule has 1 aliphatic rings. The molecule has 0 fully saturated rings. The zero-order chi connectivity index (χ0) is 12.3. The van der Waals surface area contributed by atoms with Gasteiger partial charge in [-0.3, -0.25) is 0 Å². The number of fused-ring (bicyclic) bond motifs is 1. The van der Waals surface area contributed by atoms with Gasteiger partial charge in [0, 0.05) is 5.38 Å². The zero-order valence-corrected chi connectivity index (χ0v) is 11.7. The van der Waals surface area contributed by atoms with E-state index >= 15 is 0 Å². The molecule has 1 aromatic rings. The molecule has 0 nitrogen and oxygen atoms in total. The summed E-state index contributed by atoms with van der Waals surface area (Å²) >= 11 is 6.09. The summed E-state index contributed by atoms with van der Waals surface area (Å²) in [4.78, 5) is 0. The molecule has 0 N–H and O–H groups in total. The minimum Gasteiger partial charge on any atom is -0.123 e. The normalized spacial score (nSPS) is 22.9. The highest BCUT2D eigenvalue weighted by Crippen LogP contribution is 2.36. The van der Waals surface area contributed by atoms with Crippen molar-refractivity contribution in [2.45, 2.75) is 57.2 Å². The Morgan fingerprint density at radius 2 is 2.06 bits per heavy atom. The number of aryl methyl sites for hydroxylation is 1.